The summed E-state index contributed by atoms with van der Waals surface area (Å²) in [4.78, 5) is 4.34. The van der Waals surface area contributed by atoms with Gasteiger partial charge in [-0.3, -0.25) is 9.71 Å². The molecule has 5 nitrogen and oxygen atoms in total. The van der Waals surface area contributed by atoms with Crippen molar-refractivity contribution >= 4 is 34.0 Å². The molecule has 0 amide bonds. The molecule has 0 spiro atoms. The molecule has 7 heteroatoms. The number of hydrogen-bond donors (Lipinski definition) is 2. The van der Waals surface area contributed by atoms with Gasteiger partial charge >= 0.3 is 0 Å². The predicted molar refractivity (Wildman–Crippen MR) is 80.9 cm³/mol. The number of benzene rings is 1. The zero-order valence-electron chi connectivity index (χ0n) is 10.9. The number of halogens is 1. The van der Waals surface area contributed by atoms with Crippen LogP contribution in [0.4, 0.5) is 5.69 Å². The van der Waals surface area contributed by atoms with Crippen molar-refractivity contribution in [2.75, 3.05) is 24.1 Å². The third-order valence-electron chi connectivity index (χ3n) is 2.84. The average Bonchev–Trinajstić information content (AvgIpc) is 2.75. The van der Waals surface area contributed by atoms with Gasteiger partial charge in [0.25, 0.3) is 0 Å². The summed E-state index contributed by atoms with van der Waals surface area (Å²) >= 11 is 0. The molecule has 2 rings (SSSR count). The monoisotopic (exact) mass is 303 g/mol. The van der Waals surface area contributed by atoms with Gasteiger partial charge in [0.05, 0.1) is 18.5 Å². The molecule has 1 heterocycles. The van der Waals surface area contributed by atoms with Gasteiger partial charge in [0.2, 0.25) is 10.0 Å². The molecule has 0 aliphatic carbocycles. The first-order chi connectivity index (χ1) is 8.46. The highest BCUT2D eigenvalue weighted by Gasteiger charge is 2.11. The van der Waals surface area contributed by atoms with E-state index in [9.17, 15) is 8.42 Å². The molecule has 0 unspecified atom stereocenters. The summed E-state index contributed by atoms with van der Waals surface area (Å²) in [6.45, 7) is 3.61. The molecule has 0 atom stereocenters. The molecule has 106 valence electrons. The first-order valence-corrected chi connectivity index (χ1v) is 7.68. The van der Waals surface area contributed by atoms with Crippen LogP contribution in [-0.2, 0) is 16.4 Å². The van der Waals surface area contributed by atoms with Gasteiger partial charge in [-0.05, 0) is 24.1 Å². The largest absolute Gasteiger partial charge is 0.372 e. The summed E-state index contributed by atoms with van der Waals surface area (Å²) in [5.41, 5.74) is 2.66. The van der Waals surface area contributed by atoms with Gasteiger partial charge in [-0.2, -0.15) is 0 Å². The SMILES string of the molecule is Cc1c(CC2=NCCN2)cccc1NS(C)(=O)=O.Cl. The van der Waals surface area contributed by atoms with Crippen molar-refractivity contribution in [3.05, 3.63) is 29.3 Å². The van der Waals surface area contributed by atoms with Gasteiger partial charge in [-0.15, -0.1) is 12.4 Å². The maximum absolute atomic E-state index is 11.3. The van der Waals surface area contributed by atoms with Crippen LogP contribution in [0.5, 0.6) is 0 Å². The Bertz CT molecular complexity index is 585. The number of sulfonamides is 1. The second-order valence-electron chi connectivity index (χ2n) is 4.40. The Kier molecular flexibility index (Phi) is 5.20. The maximum atomic E-state index is 11.3. The van der Waals surface area contributed by atoms with E-state index in [1.165, 1.54) is 0 Å². The topological polar surface area (TPSA) is 70.6 Å². The molecular formula is C12H18ClN3O2S. The van der Waals surface area contributed by atoms with E-state index >= 15 is 0 Å². The molecule has 0 radical (unpaired) electrons. The molecule has 1 aromatic rings. The van der Waals surface area contributed by atoms with Gasteiger partial charge in [0.1, 0.15) is 5.84 Å². The van der Waals surface area contributed by atoms with Gasteiger partial charge in [0, 0.05) is 13.0 Å². The standard InChI is InChI=1S/C12H17N3O2S.ClH/c1-9-10(8-12-13-6-7-14-12)4-3-5-11(9)15-18(2,16)17;/h3-5,15H,6-8H2,1-2H3,(H,13,14);1H. The van der Waals surface area contributed by atoms with E-state index in [-0.39, 0.29) is 12.4 Å². The van der Waals surface area contributed by atoms with Crippen LogP contribution >= 0.6 is 12.4 Å². The van der Waals surface area contributed by atoms with Crippen molar-refractivity contribution < 1.29 is 8.42 Å². The van der Waals surface area contributed by atoms with Crippen molar-refractivity contribution in [1.29, 1.82) is 0 Å². The van der Waals surface area contributed by atoms with E-state index in [0.717, 1.165) is 36.3 Å². The molecule has 0 bridgehead atoms. The quantitative estimate of drug-likeness (QED) is 0.881. The Hall–Kier alpha value is -1.27. The molecule has 0 aromatic heterocycles. The molecule has 1 aromatic carbocycles. The number of nitrogens with one attached hydrogen (secondary N) is 2. The smallest absolute Gasteiger partial charge is 0.229 e. The number of rotatable bonds is 4. The highest BCUT2D eigenvalue weighted by molar-refractivity contribution is 7.92. The lowest BCUT2D eigenvalue weighted by Crippen LogP contribution is -2.21. The average molecular weight is 304 g/mol. The molecule has 1 aliphatic heterocycles. The zero-order valence-corrected chi connectivity index (χ0v) is 12.6. The molecular weight excluding hydrogens is 286 g/mol. The van der Waals surface area contributed by atoms with Gasteiger partial charge in [0.15, 0.2) is 0 Å². The Balaban J connectivity index is 0.00000180. The number of anilines is 1. The molecule has 2 N–H and O–H groups in total. The Morgan fingerprint density at radius 3 is 2.74 bits per heavy atom. The Labute approximate surface area is 120 Å². The van der Waals surface area contributed by atoms with E-state index in [4.69, 9.17) is 0 Å². The maximum Gasteiger partial charge on any atom is 0.229 e. The Morgan fingerprint density at radius 2 is 2.16 bits per heavy atom. The van der Waals surface area contributed by atoms with Crippen LogP contribution in [0, 0.1) is 6.92 Å². The summed E-state index contributed by atoms with van der Waals surface area (Å²) in [6.07, 6.45) is 1.87. The zero-order chi connectivity index (χ0) is 13.2. The molecule has 0 saturated heterocycles. The van der Waals surface area contributed by atoms with E-state index in [1.54, 1.807) is 6.07 Å². The first-order valence-electron chi connectivity index (χ1n) is 5.79. The lowest BCUT2D eigenvalue weighted by molar-refractivity contribution is 0.607. The van der Waals surface area contributed by atoms with Crippen LogP contribution in [0.1, 0.15) is 11.1 Å². The lowest BCUT2D eigenvalue weighted by Gasteiger charge is -2.12. The lowest BCUT2D eigenvalue weighted by atomic mass is 10.0. The normalized spacial score (nSPS) is 14.3. The molecule has 1 aliphatic rings. The number of amidine groups is 1. The van der Waals surface area contributed by atoms with E-state index in [2.05, 4.69) is 15.0 Å². The second-order valence-corrected chi connectivity index (χ2v) is 6.14. The number of aliphatic imine (C=N–C) groups is 1. The van der Waals surface area contributed by atoms with Crippen LogP contribution in [0.25, 0.3) is 0 Å². The van der Waals surface area contributed by atoms with Gasteiger partial charge < -0.3 is 5.32 Å². The second kappa shape index (κ2) is 6.25. The number of nitrogens with zero attached hydrogens (tertiary/aromatic N) is 1. The fraction of sp³-hybridized carbons (Fsp3) is 0.417. The van der Waals surface area contributed by atoms with Crippen LogP contribution in [0.15, 0.2) is 23.2 Å². The molecule has 19 heavy (non-hydrogen) atoms. The van der Waals surface area contributed by atoms with Crippen LogP contribution < -0.4 is 10.0 Å². The highest BCUT2D eigenvalue weighted by atomic mass is 35.5. The van der Waals surface area contributed by atoms with Crippen molar-refractivity contribution in [2.24, 2.45) is 4.99 Å². The summed E-state index contributed by atoms with van der Waals surface area (Å²) in [7, 11) is -3.24. The van der Waals surface area contributed by atoms with Crippen LogP contribution in [-0.4, -0.2) is 33.6 Å². The highest BCUT2D eigenvalue weighted by Crippen LogP contribution is 2.20. The van der Waals surface area contributed by atoms with E-state index in [1.807, 2.05) is 19.1 Å². The third kappa shape index (κ3) is 4.40. The van der Waals surface area contributed by atoms with Gasteiger partial charge in [-0.1, -0.05) is 12.1 Å². The fourth-order valence-electron chi connectivity index (χ4n) is 1.93. The van der Waals surface area contributed by atoms with Crippen LogP contribution in [0.3, 0.4) is 0 Å². The van der Waals surface area contributed by atoms with Crippen molar-refractivity contribution in [3.63, 3.8) is 0 Å². The van der Waals surface area contributed by atoms with Crippen LogP contribution in [0.2, 0.25) is 0 Å². The minimum absolute atomic E-state index is 0. The fourth-order valence-corrected chi connectivity index (χ4v) is 2.55. The number of hydrogen-bond acceptors (Lipinski definition) is 4. The van der Waals surface area contributed by atoms with E-state index < -0.39 is 10.0 Å². The van der Waals surface area contributed by atoms with Crippen molar-refractivity contribution in [3.8, 4) is 0 Å². The first kappa shape index (κ1) is 15.8. The predicted octanol–water partition coefficient (Wildman–Crippen LogP) is 1.33. The van der Waals surface area contributed by atoms with E-state index in [0.29, 0.717) is 12.1 Å². The summed E-state index contributed by atoms with van der Waals surface area (Å²) in [5.74, 6) is 0.967. The van der Waals surface area contributed by atoms with Crippen molar-refractivity contribution in [2.45, 2.75) is 13.3 Å². The molecule has 0 fully saturated rings. The summed E-state index contributed by atoms with van der Waals surface area (Å²) in [5, 5.41) is 3.21. The minimum Gasteiger partial charge on any atom is -0.372 e. The molecule has 0 saturated carbocycles. The van der Waals surface area contributed by atoms with Gasteiger partial charge in [-0.25, -0.2) is 8.42 Å². The summed E-state index contributed by atoms with van der Waals surface area (Å²) < 4.78 is 25.0. The third-order valence-corrected chi connectivity index (χ3v) is 3.43. The van der Waals surface area contributed by atoms with Crippen molar-refractivity contribution in [1.82, 2.24) is 5.32 Å². The minimum atomic E-state index is -3.24. The summed E-state index contributed by atoms with van der Waals surface area (Å²) in [6, 6.07) is 5.61. The Morgan fingerprint density at radius 1 is 1.42 bits per heavy atom.